The fraction of sp³-hybridized carbons (Fsp3) is 0.634. The summed E-state index contributed by atoms with van der Waals surface area (Å²) in [6, 6.07) is 8.60. The predicted molar refractivity (Wildman–Crippen MR) is 238 cm³/mol. The largest absolute Gasteiger partial charge is 0.598 e. The summed E-state index contributed by atoms with van der Waals surface area (Å²) >= 11 is 13.0. The molecule has 5 atom stereocenters. The summed E-state index contributed by atoms with van der Waals surface area (Å²) in [5.41, 5.74) is 3.17. The molecular formula is C41H64Cl2N4O4S2Si2. The number of thiophene rings is 1. The molecular weight excluding hydrogens is 804 g/mol. The van der Waals surface area contributed by atoms with Crippen LogP contribution in [0.15, 0.2) is 42.9 Å². The normalized spacial score (nSPS) is 19.7. The van der Waals surface area contributed by atoms with Crippen molar-refractivity contribution in [2.75, 3.05) is 11.9 Å². The molecule has 0 bridgehead atoms. The Labute approximate surface area is 350 Å². The first-order valence-corrected chi connectivity index (χ1v) is 27.3. The van der Waals surface area contributed by atoms with Gasteiger partial charge in [0.15, 0.2) is 8.32 Å². The number of benzene rings is 1. The molecule has 0 saturated heterocycles. The molecule has 3 aromatic rings. The molecule has 0 radical (unpaired) electrons. The number of nitrogens with zero attached hydrogens (tertiary/aromatic N) is 2. The molecule has 2 heterocycles. The van der Waals surface area contributed by atoms with Crippen LogP contribution in [-0.4, -0.2) is 60.4 Å². The summed E-state index contributed by atoms with van der Waals surface area (Å²) in [6.45, 7) is 31.8. The van der Waals surface area contributed by atoms with Gasteiger partial charge >= 0.3 is 0 Å². The van der Waals surface area contributed by atoms with Gasteiger partial charge in [-0.25, -0.2) is 9.97 Å². The van der Waals surface area contributed by atoms with Gasteiger partial charge in [-0.15, -0.1) is 16.1 Å². The first kappa shape index (κ1) is 46.4. The Morgan fingerprint density at radius 2 is 1.65 bits per heavy atom. The Kier molecular flexibility index (Phi) is 15.4. The standard InChI is InChI=1S/C41H64Cl2N4O4S2Si2/c1-25(2)55(26(3)4,27(5)6)51-34-20-31(19-29(34)23-50-54(13,14)41(10,11)12)46-39-33(22-44-24-45-39)37(48)35-21-32(38(43)52-35)36(47-53(49)40(7,8)9)28-16-15-17-30(42)18-28/h15-18,21-22,24-27,29,31,34,36,47H,19-20,23H2,1-14H3,(H,44,45,46)/t29-,31-,34+,36?,53?/m1/s1. The number of nitrogens with one attached hydrogen (secondary N) is 2. The number of hydrogen-bond donors (Lipinski definition) is 2. The van der Waals surface area contributed by atoms with Crippen LogP contribution in [0.1, 0.15) is 128 Å². The van der Waals surface area contributed by atoms with E-state index in [0.717, 1.165) is 18.4 Å². The number of aromatic nitrogens is 2. The Balaban J connectivity index is 1.65. The minimum absolute atomic E-state index is 0.0175. The van der Waals surface area contributed by atoms with Gasteiger partial charge < -0.3 is 18.7 Å². The van der Waals surface area contributed by atoms with Crippen molar-refractivity contribution in [1.29, 1.82) is 0 Å². The van der Waals surface area contributed by atoms with Crippen LogP contribution in [0.2, 0.25) is 44.1 Å². The zero-order valence-corrected chi connectivity index (χ0v) is 40.4. The second-order valence-corrected chi connectivity index (χ2v) is 32.9. The number of rotatable bonds is 16. The number of carbonyl (C=O) groups excluding carboxylic acids is 1. The van der Waals surface area contributed by atoms with Crippen molar-refractivity contribution < 1.29 is 18.2 Å². The summed E-state index contributed by atoms with van der Waals surface area (Å²) in [6.07, 6.45) is 4.69. The molecule has 2 unspecified atom stereocenters. The van der Waals surface area contributed by atoms with E-state index in [1.165, 1.54) is 17.7 Å². The van der Waals surface area contributed by atoms with Crippen molar-refractivity contribution in [1.82, 2.24) is 14.7 Å². The molecule has 1 aliphatic carbocycles. The van der Waals surface area contributed by atoms with E-state index in [1.807, 2.05) is 39.0 Å². The lowest BCUT2D eigenvalue weighted by molar-refractivity contribution is 0.0971. The highest BCUT2D eigenvalue weighted by Crippen LogP contribution is 2.47. The fourth-order valence-corrected chi connectivity index (χ4v) is 16.6. The van der Waals surface area contributed by atoms with E-state index < -0.39 is 38.8 Å². The molecule has 8 nitrogen and oxygen atoms in total. The Bertz CT molecular complexity index is 1740. The molecule has 1 fully saturated rings. The molecule has 1 saturated carbocycles. The molecule has 4 rings (SSSR count). The lowest BCUT2D eigenvalue weighted by Gasteiger charge is -2.45. The third-order valence-electron chi connectivity index (χ3n) is 11.7. The molecule has 14 heteroatoms. The summed E-state index contributed by atoms with van der Waals surface area (Å²) < 4.78 is 30.8. The quantitative estimate of drug-likeness (QED) is 0.0832. The number of anilines is 1. The van der Waals surface area contributed by atoms with Gasteiger partial charge in [-0.1, -0.05) is 97.6 Å². The van der Waals surface area contributed by atoms with Crippen LogP contribution in [-0.2, 0) is 20.2 Å². The van der Waals surface area contributed by atoms with Crippen LogP contribution in [0.3, 0.4) is 0 Å². The Hall–Kier alpha value is -1.33. The Morgan fingerprint density at radius 1 is 1.02 bits per heavy atom. The minimum atomic E-state index is -2.20. The summed E-state index contributed by atoms with van der Waals surface area (Å²) in [4.78, 5) is 23.7. The predicted octanol–water partition coefficient (Wildman–Crippen LogP) is 12.0. The van der Waals surface area contributed by atoms with Gasteiger partial charge in [0.2, 0.25) is 14.1 Å². The van der Waals surface area contributed by atoms with Crippen molar-refractivity contribution in [2.45, 2.75) is 154 Å². The van der Waals surface area contributed by atoms with Crippen LogP contribution in [0.25, 0.3) is 0 Å². The lowest BCUT2D eigenvalue weighted by atomic mass is 10.0. The summed E-state index contributed by atoms with van der Waals surface area (Å²) in [7, 11) is -4.20. The molecule has 2 N–H and O–H groups in total. The molecule has 1 aliphatic rings. The van der Waals surface area contributed by atoms with Crippen LogP contribution >= 0.6 is 34.5 Å². The lowest BCUT2D eigenvalue weighted by Crippen LogP contribution is -2.51. The average Bonchev–Trinajstić information content (AvgIpc) is 3.65. The van der Waals surface area contributed by atoms with E-state index in [-0.39, 0.29) is 28.9 Å². The molecule has 0 amide bonds. The van der Waals surface area contributed by atoms with E-state index in [2.05, 4.69) is 95.4 Å². The molecule has 0 aliphatic heterocycles. The van der Waals surface area contributed by atoms with E-state index in [4.69, 9.17) is 32.1 Å². The van der Waals surface area contributed by atoms with Crippen LogP contribution in [0, 0.1) is 5.92 Å². The van der Waals surface area contributed by atoms with Crippen molar-refractivity contribution in [2.24, 2.45) is 5.92 Å². The van der Waals surface area contributed by atoms with Crippen molar-refractivity contribution in [3.05, 3.63) is 73.8 Å². The van der Waals surface area contributed by atoms with E-state index >= 15 is 0 Å². The smallest absolute Gasteiger partial charge is 0.208 e. The SMILES string of the molecule is CC(C)[Si](O[C@H]1C[C@H](Nc2ncncc2C(=O)c2cc(C(N[S+]([O-])C(C)(C)C)c3cccc(Cl)c3)c(Cl)s2)C[C@@H]1CO[Si](C)(C)C(C)(C)C)(C(C)C)C(C)C. The second kappa shape index (κ2) is 18.3. The van der Waals surface area contributed by atoms with E-state index in [0.29, 0.717) is 54.4 Å². The minimum Gasteiger partial charge on any atom is -0.598 e. The van der Waals surface area contributed by atoms with Gasteiger partial charge in [0.1, 0.15) is 22.9 Å². The molecule has 0 spiro atoms. The highest BCUT2D eigenvalue weighted by atomic mass is 35.5. The molecule has 1 aromatic carbocycles. The maximum absolute atomic E-state index is 14.3. The summed E-state index contributed by atoms with van der Waals surface area (Å²) in [5, 5.41) is 4.31. The van der Waals surface area contributed by atoms with Crippen molar-refractivity contribution in [3.8, 4) is 0 Å². The van der Waals surface area contributed by atoms with E-state index in [9.17, 15) is 9.35 Å². The topological polar surface area (TPSA) is 108 Å². The van der Waals surface area contributed by atoms with E-state index in [1.54, 1.807) is 18.3 Å². The maximum atomic E-state index is 14.3. The third kappa shape index (κ3) is 10.8. The number of ketones is 1. The van der Waals surface area contributed by atoms with Gasteiger partial charge in [0.25, 0.3) is 0 Å². The number of hydrogen-bond acceptors (Lipinski definition) is 9. The third-order valence-corrected chi connectivity index (χ3v) is 25.5. The second-order valence-electron chi connectivity index (χ2n) is 18.6. The van der Waals surface area contributed by atoms with Gasteiger partial charge in [0.05, 0.1) is 20.9 Å². The van der Waals surface area contributed by atoms with Gasteiger partial charge in [-0.05, 0) is 92.1 Å². The molecule has 55 heavy (non-hydrogen) atoms. The molecule has 306 valence electrons. The first-order valence-electron chi connectivity index (χ1n) is 19.5. The van der Waals surface area contributed by atoms with Crippen LogP contribution in [0.4, 0.5) is 5.82 Å². The number of carbonyl (C=O) groups is 1. The fourth-order valence-electron chi connectivity index (χ4n) is 7.64. The van der Waals surface area contributed by atoms with Crippen LogP contribution in [0.5, 0.6) is 0 Å². The molecule has 2 aromatic heterocycles. The van der Waals surface area contributed by atoms with Gasteiger partial charge in [0, 0.05) is 46.7 Å². The zero-order chi connectivity index (χ0) is 41.3. The maximum Gasteiger partial charge on any atom is 0.208 e. The van der Waals surface area contributed by atoms with Crippen LogP contribution < -0.4 is 10.0 Å². The Morgan fingerprint density at radius 3 is 2.22 bits per heavy atom. The van der Waals surface area contributed by atoms with Crippen molar-refractivity contribution in [3.63, 3.8) is 0 Å². The first-order chi connectivity index (χ1) is 25.4. The highest BCUT2D eigenvalue weighted by Gasteiger charge is 2.50. The monoisotopic (exact) mass is 866 g/mol. The average molecular weight is 868 g/mol. The number of halogens is 2. The van der Waals surface area contributed by atoms with Gasteiger partial charge in [-0.3, -0.25) is 4.79 Å². The summed E-state index contributed by atoms with van der Waals surface area (Å²) in [5.74, 6) is 0.445. The van der Waals surface area contributed by atoms with Crippen molar-refractivity contribution >= 4 is 74.1 Å². The zero-order valence-electron chi connectivity index (χ0n) is 35.3. The van der Waals surface area contributed by atoms with Gasteiger partial charge in [-0.2, -0.15) is 0 Å². The highest BCUT2D eigenvalue weighted by molar-refractivity contribution is 7.90.